The fourth-order valence-electron chi connectivity index (χ4n) is 2.72. The monoisotopic (exact) mass is 309 g/mol. The van der Waals surface area contributed by atoms with E-state index in [-0.39, 0.29) is 6.61 Å². The van der Waals surface area contributed by atoms with Crippen molar-refractivity contribution < 1.29 is 19.3 Å². The molecular formula is C13H19N5O4. The lowest BCUT2D eigenvalue weighted by atomic mass is 10.1. The number of nitrogens with one attached hydrogen (secondary N) is 1. The average Bonchev–Trinajstić information content (AvgIpc) is 3.09. The highest BCUT2D eigenvalue weighted by atomic mass is 16.6. The van der Waals surface area contributed by atoms with Crippen LogP contribution in [0.4, 0.5) is 5.82 Å². The molecule has 22 heavy (non-hydrogen) atoms. The van der Waals surface area contributed by atoms with Gasteiger partial charge in [0.15, 0.2) is 17.7 Å². The number of anilines is 1. The zero-order valence-electron chi connectivity index (χ0n) is 12.6. The van der Waals surface area contributed by atoms with Crippen molar-refractivity contribution in [1.82, 2.24) is 19.5 Å². The van der Waals surface area contributed by atoms with Gasteiger partial charge in [-0.05, 0) is 0 Å². The SMILES string of the molecule is CNc1ncnc2c1ncn2C1OC(COC)C(O)C1OC. The fourth-order valence-corrected chi connectivity index (χ4v) is 2.72. The van der Waals surface area contributed by atoms with Gasteiger partial charge in [-0.15, -0.1) is 0 Å². The van der Waals surface area contributed by atoms with Crippen molar-refractivity contribution in [3.63, 3.8) is 0 Å². The number of aliphatic hydroxyl groups is 1. The van der Waals surface area contributed by atoms with Crippen LogP contribution < -0.4 is 5.32 Å². The second-order valence-corrected chi connectivity index (χ2v) is 5.01. The molecule has 1 fully saturated rings. The number of hydrogen-bond donors (Lipinski definition) is 2. The molecule has 0 bridgehead atoms. The molecular weight excluding hydrogens is 290 g/mol. The van der Waals surface area contributed by atoms with Gasteiger partial charge in [0.2, 0.25) is 0 Å². The summed E-state index contributed by atoms with van der Waals surface area (Å²) in [5.41, 5.74) is 1.24. The average molecular weight is 309 g/mol. The molecule has 3 heterocycles. The van der Waals surface area contributed by atoms with Gasteiger partial charge in [-0.3, -0.25) is 4.57 Å². The molecule has 9 nitrogen and oxygen atoms in total. The van der Waals surface area contributed by atoms with Gasteiger partial charge < -0.3 is 24.6 Å². The maximum Gasteiger partial charge on any atom is 0.167 e. The first-order valence-electron chi connectivity index (χ1n) is 6.91. The maximum atomic E-state index is 10.3. The lowest BCUT2D eigenvalue weighted by molar-refractivity contribution is -0.0630. The van der Waals surface area contributed by atoms with Crippen LogP contribution in [0.25, 0.3) is 11.2 Å². The highest BCUT2D eigenvalue weighted by Crippen LogP contribution is 2.33. The summed E-state index contributed by atoms with van der Waals surface area (Å²) in [4.78, 5) is 12.7. The number of fused-ring (bicyclic) bond motifs is 1. The highest BCUT2D eigenvalue weighted by Gasteiger charge is 2.45. The van der Waals surface area contributed by atoms with E-state index in [1.165, 1.54) is 13.4 Å². The van der Waals surface area contributed by atoms with E-state index < -0.39 is 24.5 Å². The molecule has 2 N–H and O–H groups in total. The van der Waals surface area contributed by atoms with E-state index in [0.29, 0.717) is 17.0 Å². The van der Waals surface area contributed by atoms with Crippen LogP contribution in [0.2, 0.25) is 0 Å². The van der Waals surface area contributed by atoms with Crippen LogP contribution in [-0.4, -0.2) is 70.8 Å². The summed E-state index contributed by atoms with van der Waals surface area (Å²) >= 11 is 0. The van der Waals surface area contributed by atoms with E-state index in [1.807, 2.05) is 0 Å². The Morgan fingerprint density at radius 1 is 1.36 bits per heavy atom. The van der Waals surface area contributed by atoms with Gasteiger partial charge in [-0.1, -0.05) is 0 Å². The quantitative estimate of drug-likeness (QED) is 0.782. The van der Waals surface area contributed by atoms with Crippen LogP contribution in [0.1, 0.15) is 6.23 Å². The summed E-state index contributed by atoms with van der Waals surface area (Å²) in [6, 6.07) is 0. The first-order chi connectivity index (χ1) is 10.7. The second-order valence-electron chi connectivity index (χ2n) is 5.01. The smallest absolute Gasteiger partial charge is 0.167 e. The lowest BCUT2D eigenvalue weighted by Gasteiger charge is -2.19. The van der Waals surface area contributed by atoms with Crippen LogP contribution in [0, 0.1) is 0 Å². The summed E-state index contributed by atoms with van der Waals surface area (Å²) in [7, 11) is 4.86. The fraction of sp³-hybridized carbons (Fsp3) is 0.615. The molecule has 4 unspecified atom stereocenters. The van der Waals surface area contributed by atoms with Gasteiger partial charge in [0.05, 0.1) is 12.9 Å². The number of aliphatic hydroxyl groups excluding tert-OH is 1. The van der Waals surface area contributed by atoms with E-state index in [0.717, 1.165) is 0 Å². The van der Waals surface area contributed by atoms with Crippen LogP contribution >= 0.6 is 0 Å². The number of aromatic nitrogens is 4. The topological polar surface area (TPSA) is 104 Å². The molecule has 120 valence electrons. The molecule has 0 aliphatic carbocycles. The van der Waals surface area contributed by atoms with Crippen LogP contribution in [0.5, 0.6) is 0 Å². The van der Waals surface area contributed by atoms with Gasteiger partial charge in [0.1, 0.15) is 30.2 Å². The summed E-state index contributed by atoms with van der Waals surface area (Å²) in [5.74, 6) is 0.629. The zero-order chi connectivity index (χ0) is 15.7. The Balaban J connectivity index is 1.99. The van der Waals surface area contributed by atoms with Crippen LogP contribution in [-0.2, 0) is 14.2 Å². The van der Waals surface area contributed by atoms with E-state index in [1.54, 1.807) is 25.1 Å². The Bertz CT molecular complexity index is 648. The third-order valence-corrected chi connectivity index (χ3v) is 3.79. The minimum atomic E-state index is -0.794. The highest BCUT2D eigenvalue weighted by molar-refractivity contribution is 5.82. The van der Waals surface area contributed by atoms with Gasteiger partial charge >= 0.3 is 0 Å². The van der Waals surface area contributed by atoms with Gasteiger partial charge in [-0.25, -0.2) is 15.0 Å². The molecule has 0 radical (unpaired) electrons. The molecule has 0 saturated carbocycles. The van der Waals surface area contributed by atoms with Crippen LogP contribution in [0.15, 0.2) is 12.7 Å². The third-order valence-electron chi connectivity index (χ3n) is 3.79. The Morgan fingerprint density at radius 3 is 2.86 bits per heavy atom. The molecule has 0 spiro atoms. The molecule has 0 amide bonds. The van der Waals surface area contributed by atoms with Crippen molar-refractivity contribution in [2.45, 2.75) is 24.5 Å². The second kappa shape index (κ2) is 6.13. The van der Waals surface area contributed by atoms with Crippen molar-refractivity contribution in [3.05, 3.63) is 12.7 Å². The van der Waals surface area contributed by atoms with Crippen molar-refractivity contribution in [2.75, 3.05) is 33.2 Å². The van der Waals surface area contributed by atoms with Gasteiger partial charge in [-0.2, -0.15) is 0 Å². The molecule has 1 aliphatic heterocycles. The third kappa shape index (κ3) is 2.31. The van der Waals surface area contributed by atoms with Crippen LogP contribution in [0.3, 0.4) is 0 Å². The number of ether oxygens (including phenoxy) is 3. The largest absolute Gasteiger partial charge is 0.387 e. The summed E-state index contributed by atoms with van der Waals surface area (Å²) in [6.45, 7) is 0.279. The number of methoxy groups -OCH3 is 2. The van der Waals surface area contributed by atoms with Crippen molar-refractivity contribution in [2.24, 2.45) is 0 Å². The standard InChI is InChI=1S/C13H19N5O4/c1-14-11-8-12(16-5-15-11)18(6-17-8)13-10(21-3)9(19)7(22-13)4-20-2/h5-7,9-10,13,19H,4H2,1-3H3,(H,14,15,16). The summed E-state index contributed by atoms with van der Waals surface area (Å²) in [5, 5.41) is 13.3. The van der Waals surface area contributed by atoms with Gasteiger partial charge in [0.25, 0.3) is 0 Å². The molecule has 3 rings (SSSR count). The Labute approximate surface area is 127 Å². The number of imidazole rings is 1. The molecule has 2 aromatic rings. The summed E-state index contributed by atoms with van der Waals surface area (Å²) < 4.78 is 18.1. The predicted molar refractivity (Wildman–Crippen MR) is 77.5 cm³/mol. The normalized spacial score (nSPS) is 28.4. The number of nitrogens with zero attached hydrogens (tertiary/aromatic N) is 4. The first kappa shape index (κ1) is 15.1. The number of rotatable bonds is 5. The molecule has 0 aromatic carbocycles. The molecule has 4 atom stereocenters. The molecule has 1 aliphatic rings. The van der Waals surface area contributed by atoms with Crippen molar-refractivity contribution in [1.29, 1.82) is 0 Å². The minimum absolute atomic E-state index is 0.279. The van der Waals surface area contributed by atoms with Crippen molar-refractivity contribution >= 4 is 17.0 Å². The minimum Gasteiger partial charge on any atom is -0.387 e. The van der Waals surface area contributed by atoms with E-state index in [2.05, 4.69) is 20.3 Å². The first-order valence-corrected chi connectivity index (χ1v) is 6.91. The maximum absolute atomic E-state index is 10.3. The summed E-state index contributed by atoms with van der Waals surface area (Å²) in [6.07, 6.45) is 0.724. The van der Waals surface area contributed by atoms with E-state index in [9.17, 15) is 5.11 Å². The molecule has 9 heteroatoms. The Hall–Kier alpha value is -1.81. The Morgan fingerprint density at radius 2 is 2.18 bits per heavy atom. The van der Waals surface area contributed by atoms with Gasteiger partial charge in [0, 0.05) is 21.3 Å². The zero-order valence-corrected chi connectivity index (χ0v) is 12.6. The number of hydrogen-bond acceptors (Lipinski definition) is 8. The molecule has 2 aromatic heterocycles. The lowest BCUT2D eigenvalue weighted by Crippen LogP contribution is -2.35. The predicted octanol–water partition coefficient (Wildman–Crippen LogP) is -0.212. The van der Waals surface area contributed by atoms with Crippen molar-refractivity contribution in [3.8, 4) is 0 Å². The van der Waals surface area contributed by atoms with E-state index in [4.69, 9.17) is 14.2 Å². The molecule has 1 saturated heterocycles. The van der Waals surface area contributed by atoms with E-state index >= 15 is 0 Å². The Kier molecular flexibility index (Phi) is 4.21.